The second-order valence-electron chi connectivity index (χ2n) is 2.26. The van der Waals surface area contributed by atoms with Crippen LogP contribution in [0.1, 0.15) is 19.3 Å². The molecule has 0 aromatic carbocycles. The van der Waals surface area contributed by atoms with Crippen LogP contribution in [0, 0.1) is 0 Å². The molecule has 3 heteroatoms. The summed E-state index contributed by atoms with van der Waals surface area (Å²) in [6, 6.07) is 0. The van der Waals surface area contributed by atoms with Crippen molar-refractivity contribution in [3.8, 4) is 0 Å². The quantitative estimate of drug-likeness (QED) is 0.369. The van der Waals surface area contributed by atoms with E-state index in [1.54, 1.807) is 13.2 Å². The SMILES string of the molecule is CO[C@H]1CCCC=C1[O-].[Li+]. The van der Waals surface area contributed by atoms with Crippen LogP contribution in [0.2, 0.25) is 0 Å². The molecule has 1 atom stereocenters. The zero-order valence-electron chi connectivity index (χ0n) is 6.59. The minimum Gasteiger partial charge on any atom is -0.874 e. The Morgan fingerprint density at radius 1 is 1.70 bits per heavy atom. The summed E-state index contributed by atoms with van der Waals surface area (Å²) >= 11 is 0. The molecule has 0 aromatic heterocycles. The van der Waals surface area contributed by atoms with Crippen molar-refractivity contribution in [1.29, 1.82) is 0 Å². The van der Waals surface area contributed by atoms with E-state index in [1.807, 2.05) is 0 Å². The molecule has 0 bridgehead atoms. The second kappa shape index (κ2) is 4.84. The summed E-state index contributed by atoms with van der Waals surface area (Å²) in [7, 11) is 1.59. The molecule has 0 amide bonds. The number of ether oxygens (including phenoxy) is 1. The third kappa shape index (κ3) is 2.38. The van der Waals surface area contributed by atoms with Gasteiger partial charge in [-0.2, -0.15) is 0 Å². The maximum atomic E-state index is 10.8. The van der Waals surface area contributed by atoms with Crippen molar-refractivity contribution in [2.45, 2.75) is 25.4 Å². The van der Waals surface area contributed by atoms with Gasteiger partial charge in [-0.1, -0.05) is 6.08 Å². The first kappa shape index (κ1) is 10.1. The Balaban J connectivity index is 0.000000810. The minimum atomic E-state index is -0.140. The van der Waals surface area contributed by atoms with Gasteiger partial charge in [-0.25, -0.2) is 0 Å². The average Bonchev–Trinajstić information content (AvgIpc) is 1.89. The molecule has 0 heterocycles. The van der Waals surface area contributed by atoms with Crippen molar-refractivity contribution < 1.29 is 28.7 Å². The maximum absolute atomic E-state index is 10.8. The van der Waals surface area contributed by atoms with E-state index in [9.17, 15) is 5.11 Å². The summed E-state index contributed by atoms with van der Waals surface area (Å²) in [6.07, 6.45) is 4.49. The molecule has 1 aliphatic carbocycles. The fraction of sp³-hybridized carbons (Fsp3) is 0.714. The number of hydrogen-bond donors (Lipinski definition) is 0. The fourth-order valence-electron chi connectivity index (χ4n) is 1.06. The van der Waals surface area contributed by atoms with E-state index in [1.165, 1.54) is 0 Å². The van der Waals surface area contributed by atoms with E-state index in [4.69, 9.17) is 4.74 Å². The average molecular weight is 134 g/mol. The molecule has 10 heavy (non-hydrogen) atoms. The number of allylic oxidation sites excluding steroid dienone is 1. The van der Waals surface area contributed by atoms with Crippen LogP contribution in [0.15, 0.2) is 11.8 Å². The Morgan fingerprint density at radius 3 is 2.80 bits per heavy atom. The van der Waals surface area contributed by atoms with Crippen LogP contribution in [0.5, 0.6) is 0 Å². The molecule has 0 aromatic rings. The van der Waals surface area contributed by atoms with Crippen molar-refractivity contribution in [2.75, 3.05) is 7.11 Å². The predicted octanol–water partition coefficient (Wildman–Crippen LogP) is -2.57. The molecule has 1 rings (SSSR count). The van der Waals surface area contributed by atoms with Gasteiger partial charge in [-0.05, 0) is 19.3 Å². The van der Waals surface area contributed by atoms with E-state index >= 15 is 0 Å². The molecule has 0 spiro atoms. The molecular weight excluding hydrogens is 123 g/mol. The van der Waals surface area contributed by atoms with Gasteiger partial charge in [0.1, 0.15) is 0 Å². The van der Waals surface area contributed by atoms with Gasteiger partial charge in [-0.3, -0.25) is 0 Å². The van der Waals surface area contributed by atoms with E-state index in [0.29, 0.717) is 0 Å². The van der Waals surface area contributed by atoms with Crippen molar-refractivity contribution in [3.63, 3.8) is 0 Å². The zero-order valence-corrected chi connectivity index (χ0v) is 6.59. The summed E-state index contributed by atoms with van der Waals surface area (Å²) < 4.78 is 4.92. The van der Waals surface area contributed by atoms with Crippen LogP contribution in [-0.2, 0) is 4.74 Å². The maximum Gasteiger partial charge on any atom is 1.00 e. The molecule has 0 fully saturated rings. The standard InChI is InChI=1S/C7H12O2.Li/c1-9-7-5-3-2-4-6(7)8;/h4,7-8H,2-3,5H2,1H3;/q;+1/p-1/t7-;/m0./s1. The Hall–Kier alpha value is 0.0974. The van der Waals surface area contributed by atoms with Crippen molar-refractivity contribution in [2.24, 2.45) is 0 Å². The van der Waals surface area contributed by atoms with Crippen LogP contribution < -0.4 is 24.0 Å². The molecule has 0 unspecified atom stereocenters. The van der Waals surface area contributed by atoms with Crippen LogP contribution >= 0.6 is 0 Å². The van der Waals surface area contributed by atoms with Crippen LogP contribution in [0.25, 0.3) is 0 Å². The summed E-state index contributed by atoms with van der Waals surface area (Å²) in [6.45, 7) is 0. The largest absolute Gasteiger partial charge is 1.00 e. The molecule has 0 saturated carbocycles. The first-order valence-electron chi connectivity index (χ1n) is 3.24. The molecule has 0 saturated heterocycles. The van der Waals surface area contributed by atoms with Gasteiger partial charge in [-0.15, -0.1) is 5.76 Å². The van der Waals surface area contributed by atoms with Crippen molar-refractivity contribution in [1.82, 2.24) is 0 Å². The fourth-order valence-corrected chi connectivity index (χ4v) is 1.06. The smallest absolute Gasteiger partial charge is 0.874 e. The predicted molar refractivity (Wildman–Crippen MR) is 32.7 cm³/mol. The molecule has 52 valence electrons. The van der Waals surface area contributed by atoms with Gasteiger partial charge < -0.3 is 9.84 Å². The van der Waals surface area contributed by atoms with Crippen molar-refractivity contribution in [3.05, 3.63) is 11.8 Å². The van der Waals surface area contributed by atoms with Gasteiger partial charge in [0, 0.05) is 7.11 Å². The Kier molecular flexibility index (Phi) is 4.89. The normalized spacial score (nSPS) is 24.9. The van der Waals surface area contributed by atoms with Gasteiger partial charge in [0.2, 0.25) is 0 Å². The number of rotatable bonds is 1. The molecule has 0 radical (unpaired) electrons. The van der Waals surface area contributed by atoms with Gasteiger partial charge >= 0.3 is 18.9 Å². The minimum absolute atomic E-state index is 0. The molecule has 0 N–H and O–H groups in total. The summed E-state index contributed by atoms with van der Waals surface area (Å²) in [4.78, 5) is 0. The molecule has 0 aliphatic heterocycles. The van der Waals surface area contributed by atoms with E-state index in [2.05, 4.69) is 0 Å². The number of methoxy groups -OCH3 is 1. The third-order valence-corrected chi connectivity index (χ3v) is 1.62. The molecule has 2 nitrogen and oxygen atoms in total. The Morgan fingerprint density at radius 2 is 2.40 bits per heavy atom. The third-order valence-electron chi connectivity index (χ3n) is 1.62. The van der Waals surface area contributed by atoms with Gasteiger partial charge in [0.15, 0.2) is 0 Å². The topological polar surface area (TPSA) is 32.3 Å². The van der Waals surface area contributed by atoms with Gasteiger partial charge in [0.25, 0.3) is 0 Å². The van der Waals surface area contributed by atoms with Crippen molar-refractivity contribution >= 4 is 0 Å². The second-order valence-corrected chi connectivity index (χ2v) is 2.26. The van der Waals surface area contributed by atoms with E-state index in [0.717, 1.165) is 19.3 Å². The van der Waals surface area contributed by atoms with E-state index in [-0.39, 0.29) is 30.7 Å². The Bertz CT molecular complexity index is 123. The first-order valence-corrected chi connectivity index (χ1v) is 3.24. The molecular formula is C7H11LiO2. The summed E-state index contributed by atoms with van der Waals surface area (Å²) in [5.41, 5.74) is 0. The van der Waals surface area contributed by atoms with Crippen LogP contribution in [-0.4, -0.2) is 13.2 Å². The van der Waals surface area contributed by atoms with Crippen LogP contribution in [0.4, 0.5) is 0 Å². The van der Waals surface area contributed by atoms with Gasteiger partial charge in [0.05, 0.1) is 6.10 Å². The molecule has 1 aliphatic rings. The van der Waals surface area contributed by atoms with Crippen LogP contribution in [0.3, 0.4) is 0 Å². The zero-order chi connectivity index (χ0) is 6.69. The number of hydrogen-bond acceptors (Lipinski definition) is 2. The Labute approximate surface area is 73.4 Å². The first-order chi connectivity index (χ1) is 4.34. The summed E-state index contributed by atoms with van der Waals surface area (Å²) in [5, 5.41) is 10.8. The summed E-state index contributed by atoms with van der Waals surface area (Å²) in [5.74, 6) is 0.156. The monoisotopic (exact) mass is 134 g/mol. The van der Waals surface area contributed by atoms with E-state index < -0.39 is 0 Å².